The molecule has 0 saturated carbocycles. The van der Waals surface area contributed by atoms with Gasteiger partial charge in [0.1, 0.15) is 18.1 Å². The van der Waals surface area contributed by atoms with Gasteiger partial charge in [0.05, 0.1) is 18.8 Å². The van der Waals surface area contributed by atoms with Crippen LogP contribution in [0.3, 0.4) is 0 Å². The summed E-state index contributed by atoms with van der Waals surface area (Å²) in [6.07, 6.45) is 0. The molecule has 0 spiro atoms. The van der Waals surface area contributed by atoms with Crippen molar-refractivity contribution in [3.05, 3.63) is 24.3 Å². The third-order valence-corrected chi connectivity index (χ3v) is 3.17. The average molecular weight is 253 g/mol. The Morgan fingerprint density at radius 2 is 1.89 bits per heavy atom. The second-order valence-corrected chi connectivity index (χ2v) is 4.64. The molecule has 1 aromatic carbocycles. The van der Waals surface area contributed by atoms with Crippen LogP contribution >= 0.6 is 0 Å². The van der Waals surface area contributed by atoms with E-state index >= 15 is 0 Å². The van der Waals surface area contributed by atoms with Crippen LogP contribution in [0.4, 0.5) is 0 Å². The molecule has 1 unspecified atom stereocenters. The first-order valence-corrected chi connectivity index (χ1v) is 6.02. The van der Waals surface area contributed by atoms with Gasteiger partial charge in [-0.05, 0) is 33.0 Å². The molecule has 0 aliphatic rings. The fraction of sp³-hybridized carbons (Fsp3) is 0.571. The van der Waals surface area contributed by atoms with Crippen LogP contribution in [0.5, 0.6) is 11.5 Å². The summed E-state index contributed by atoms with van der Waals surface area (Å²) in [5, 5.41) is 3.21. The molecule has 4 heteroatoms. The first-order chi connectivity index (χ1) is 8.53. The third-order valence-electron chi connectivity index (χ3n) is 3.17. The highest BCUT2D eigenvalue weighted by Crippen LogP contribution is 2.20. The standard InChI is InChI=1S/C14H23NO3/c1-14(2,17-5)13(15-3)10-18-12-8-6-7-11(9-12)16-4/h6-9,13,15H,10H2,1-5H3. The molecule has 0 radical (unpaired) electrons. The monoisotopic (exact) mass is 253 g/mol. The van der Waals surface area contributed by atoms with Crippen molar-refractivity contribution in [2.45, 2.75) is 25.5 Å². The highest BCUT2D eigenvalue weighted by molar-refractivity contribution is 5.32. The molecular formula is C14H23NO3. The molecule has 0 saturated heterocycles. The van der Waals surface area contributed by atoms with Crippen molar-refractivity contribution in [3.63, 3.8) is 0 Å². The van der Waals surface area contributed by atoms with Crippen molar-refractivity contribution in [1.82, 2.24) is 5.32 Å². The number of benzene rings is 1. The van der Waals surface area contributed by atoms with Gasteiger partial charge in [-0.1, -0.05) is 6.07 Å². The Kier molecular flexibility index (Phi) is 5.44. The maximum atomic E-state index is 5.77. The Balaban J connectivity index is 2.62. The number of likely N-dealkylation sites (N-methyl/N-ethyl adjacent to an activating group) is 1. The fourth-order valence-electron chi connectivity index (χ4n) is 1.64. The number of nitrogens with one attached hydrogen (secondary N) is 1. The van der Waals surface area contributed by atoms with Crippen molar-refractivity contribution < 1.29 is 14.2 Å². The Hall–Kier alpha value is -1.26. The Morgan fingerprint density at radius 3 is 2.44 bits per heavy atom. The second kappa shape index (κ2) is 6.61. The summed E-state index contributed by atoms with van der Waals surface area (Å²) in [4.78, 5) is 0. The summed E-state index contributed by atoms with van der Waals surface area (Å²) >= 11 is 0. The van der Waals surface area contributed by atoms with E-state index in [1.165, 1.54) is 0 Å². The maximum Gasteiger partial charge on any atom is 0.123 e. The zero-order chi connectivity index (χ0) is 13.6. The van der Waals surface area contributed by atoms with Crippen LogP contribution in [-0.4, -0.2) is 39.5 Å². The summed E-state index contributed by atoms with van der Waals surface area (Å²) in [5.74, 6) is 1.58. The fourth-order valence-corrected chi connectivity index (χ4v) is 1.64. The molecule has 0 aliphatic carbocycles. The zero-order valence-electron chi connectivity index (χ0n) is 11.8. The molecule has 1 rings (SSSR count). The second-order valence-electron chi connectivity index (χ2n) is 4.64. The topological polar surface area (TPSA) is 39.7 Å². The molecular weight excluding hydrogens is 230 g/mol. The van der Waals surface area contributed by atoms with Crippen molar-refractivity contribution >= 4 is 0 Å². The van der Waals surface area contributed by atoms with Crippen molar-refractivity contribution in [2.75, 3.05) is 27.9 Å². The van der Waals surface area contributed by atoms with Gasteiger partial charge in [-0.25, -0.2) is 0 Å². The van der Waals surface area contributed by atoms with Gasteiger partial charge in [0.15, 0.2) is 0 Å². The number of hydrogen-bond acceptors (Lipinski definition) is 4. The molecule has 1 N–H and O–H groups in total. The van der Waals surface area contributed by atoms with E-state index in [2.05, 4.69) is 5.32 Å². The molecule has 102 valence electrons. The molecule has 1 atom stereocenters. The predicted molar refractivity (Wildman–Crippen MR) is 72.4 cm³/mol. The molecule has 0 fully saturated rings. The summed E-state index contributed by atoms with van der Waals surface area (Å²) in [5.41, 5.74) is -0.284. The van der Waals surface area contributed by atoms with E-state index in [9.17, 15) is 0 Å². The van der Waals surface area contributed by atoms with Gasteiger partial charge >= 0.3 is 0 Å². The third kappa shape index (κ3) is 3.89. The van der Waals surface area contributed by atoms with Crippen LogP contribution in [0.1, 0.15) is 13.8 Å². The lowest BCUT2D eigenvalue weighted by Crippen LogP contribution is -2.50. The van der Waals surface area contributed by atoms with E-state index in [-0.39, 0.29) is 11.6 Å². The zero-order valence-corrected chi connectivity index (χ0v) is 11.8. The Bertz CT molecular complexity index is 366. The highest BCUT2D eigenvalue weighted by atomic mass is 16.5. The minimum Gasteiger partial charge on any atom is -0.497 e. The van der Waals surface area contributed by atoms with E-state index in [4.69, 9.17) is 14.2 Å². The van der Waals surface area contributed by atoms with Gasteiger partial charge in [0.2, 0.25) is 0 Å². The molecule has 0 aliphatic heterocycles. The minimum absolute atomic E-state index is 0.105. The molecule has 0 aromatic heterocycles. The maximum absolute atomic E-state index is 5.77. The van der Waals surface area contributed by atoms with Crippen molar-refractivity contribution in [2.24, 2.45) is 0 Å². The summed E-state index contributed by atoms with van der Waals surface area (Å²) in [6.45, 7) is 4.59. The summed E-state index contributed by atoms with van der Waals surface area (Å²) in [7, 11) is 5.25. The van der Waals surface area contributed by atoms with Crippen LogP contribution in [0.25, 0.3) is 0 Å². The van der Waals surface area contributed by atoms with E-state index in [0.29, 0.717) is 6.61 Å². The van der Waals surface area contributed by atoms with Gasteiger partial charge in [0.25, 0.3) is 0 Å². The lowest BCUT2D eigenvalue weighted by molar-refractivity contribution is -0.0204. The quantitative estimate of drug-likeness (QED) is 0.807. The molecule has 0 bridgehead atoms. The Morgan fingerprint density at radius 1 is 1.22 bits per heavy atom. The molecule has 4 nitrogen and oxygen atoms in total. The lowest BCUT2D eigenvalue weighted by Gasteiger charge is -2.32. The average Bonchev–Trinajstić information content (AvgIpc) is 2.39. The van der Waals surface area contributed by atoms with Gasteiger partial charge in [-0.3, -0.25) is 0 Å². The first-order valence-electron chi connectivity index (χ1n) is 6.02. The molecule has 0 amide bonds. The van der Waals surface area contributed by atoms with Gasteiger partial charge < -0.3 is 19.5 Å². The normalized spacial score (nSPS) is 13.2. The predicted octanol–water partition coefficient (Wildman–Crippen LogP) is 2.09. The van der Waals surface area contributed by atoms with Crippen molar-refractivity contribution in [1.29, 1.82) is 0 Å². The van der Waals surface area contributed by atoms with Gasteiger partial charge in [-0.15, -0.1) is 0 Å². The van der Waals surface area contributed by atoms with E-state index in [1.807, 2.05) is 45.2 Å². The first kappa shape index (κ1) is 14.8. The van der Waals surface area contributed by atoms with Gasteiger partial charge in [0, 0.05) is 13.2 Å². The smallest absolute Gasteiger partial charge is 0.123 e. The van der Waals surface area contributed by atoms with E-state index in [0.717, 1.165) is 11.5 Å². The van der Waals surface area contributed by atoms with Crippen molar-refractivity contribution in [3.8, 4) is 11.5 Å². The van der Waals surface area contributed by atoms with E-state index < -0.39 is 0 Å². The van der Waals surface area contributed by atoms with Crippen LogP contribution in [-0.2, 0) is 4.74 Å². The Labute approximate surface area is 109 Å². The number of hydrogen-bond donors (Lipinski definition) is 1. The highest BCUT2D eigenvalue weighted by Gasteiger charge is 2.28. The largest absolute Gasteiger partial charge is 0.497 e. The SMILES string of the molecule is CNC(COc1cccc(OC)c1)C(C)(C)OC. The van der Waals surface area contributed by atoms with E-state index in [1.54, 1.807) is 14.2 Å². The minimum atomic E-state index is -0.284. The molecule has 1 aromatic rings. The summed E-state index contributed by atoms with van der Waals surface area (Å²) in [6, 6.07) is 7.68. The number of methoxy groups -OCH3 is 2. The summed E-state index contributed by atoms with van der Waals surface area (Å²) < 4.78 is 16.4. The van der Waals surface area contributed by atoms with Crippen LogP contribution in [0.15, 0.2) is 24.3 Å². The number of rotatable bonds is 7. The van der Waals surface area contributed by atoms with Crippen LogP contribution in [0, 0.1) is 0 Å². The molecule has 18 heavy (non-hydrogen) atoms. The lowest BCUT2D eigenvalue weighted by atomic mass is 9.99. The number of ether oxygens (including phenoxy) is 3. The van der Waals surface area contributed by atoms with Crippen LogP contribution < -0.4 is 14.8 Å². The molecule has 0 heterocycles. The van der Waals surface area contributed by atoms with Gasteiger partial charge in [-0.2, -0.15) is 0 Å². The van der Waals surface area contributed by atoms with Crippen LogP contribution in [0.2, 0.25) is 0 Å².